The summed E-state index contributed by atoms with van der Waals surface area (Å²) in [5.41, 5.74) is 0. The summed E-state index contributed by atoms with van der Waals surface area (Å²) < 4.78 is 1.67. The monoisotopic (exact) mass is 201 g/mol. The van der Waals surface area contributed by atoms with Crippen molar-refractivity contribution in [1.29, 1.82) is 0 Å². The number of halogens is 1. The van der Waals surface area contributed by atoms with Gasteiger partial charge in [-0.3, -0.25) is 0 Å². The number of nitrogens with zero attached hydrogens (tertiary/aromatic N) is 5. The molecule has 1 fully saturated rings. The number of aromatic nitrogens is 4. The first-order valence-electron chi connectivity index (χ1n) is 4.30. The molecule has 0 N–H and O–H groups in total. The Kier molecular flexibility index (Phi) is 2.11. The molecule has 0 saturated carbocycles. The smallest absolute Gasteiger partial charge is 0.245 e. The van der Waals surface area contributed by atoms with Crippen LogP contribution < -0.4 is 4.90 Å². The molecule has 2 atom stereocenters. The largest absolute Gasteiger partial charge is 0.338 e. The van der Waals surface area contributed by atoms with Gasteiger partial charge in [0.2, 0.25) is 5.95 Å². The third-order valence-electron chi connectivity index (χ3n) is 2.40. The maximum Gasteiger partial charge on any atom is 0.245 e. The summed E-state index contributed by atoms with van der Waals surface area (Å²) in [4.78, 5) is 2.11. The number of hydrogen-bond donors (Lipinski definition) is 0. The van der Waals surface area contributed by atoms with Gasteiger partial charge >= 0.3 is 0 Å². The Morgan fingerprint density at radius 1 is 1.46 bits per heavy atom. The van der Waals surface area contributed by atoms with Crippen molar-refractivity contribution >= 4 is 17.5 Å². The van der Waals surface area contributed by atoms with Crippen LogP contribution in [0.25, 0.3) is 0 Å². The van der Waals surface area contributed by atoms with E-state index in [1.54, 1.807) is 4.68 Å². The summed E-state index contributed by atoms with van der Waals surface area (Å²) in [5.74, 6) is 1.30. The number of anilines is 1. The third kappa shape index (κ3) is 1.48. The summed E-state index contributed by atoms with van der Waals surface area (Å²) in [7, 11) is 1.83. The van der Waals surface area contributed by atoms with E-state index in [2.05, 4.69) is 27.3 Å². The number of alkyl halides is 1. The highest BCUT2D eigenvalue weighted by molar-refractivity contribution is 6.21. The third-order valence-corrected chi connectivity index (χ3v) is 2.97. The van der Waals surface area contributed by atoms with Crippen LogP contribution in [0, 0.1) is 5.92 Å². The van der Waals surface area contributed by atoms with Crippen LogP contribution >= 0.6 is 11.6 Å². The number of rotatable bonds is 1. The number of tetrazole rings is 1. The average Bonchev–Trinajstić information content (AvgIpc) is 2.60. The first-order valence-corrected chi connectivity index (χ1v) is 4.73. The lowest BCUT2D eigenvalue weighted by atomic mass is 10.2. The molecule has 6 heteroatoms. The van der Waals surface area contributed by atoms with Gasteiger partial charge in [0.05, 0.1) is 5.38 Å². The molecule has 0 aromatic carbocycles. The predicted octanol–water partition coefficient (Wildman–Crippen LogP) is 0.274. The predicted molar refractivity (Wildman–Crippen MR) is 49.8 cm³/mol. The summed E-state index contributed by atoms with van der Waals surface area (Å²) in [5, 5.41) is 11.5. The topological polar surface area (TPSA) is 46.8 Å². The molecule has 2 rings (SSSR count). The standard InChI is InChI=1S/C7H12ClN5/c1-5-3-13(4-6(5)8)7-9-10-11-12(7)2/h5-6H,3-4H2,1-2H3. The molecule has 1 aliphatic rings. The Balaban J connectivity index is 2.16. The van der Waals surface area contributed by atoms with Gasteiger partial charge in [0.1, 0.15) is 0 Å². The van der Waals surface area contributed by atoms with E-state index >= 15 is 0 Å². The molecule has 1 aromatic heterocycles. The van der Waals surface area contributed by atoms with Gasteiger partial charge in [-0.2, -0.15) is 0 Å². The second-order valence-corrected chi connectivity index (χ2v) is 4.06. The van der Waals surface area contributed by atoms with Gasteiger partial charge in [0.15, 0.2) is 0 Å². The molecule has 1 aromatic rings. The first-order chi connectivity index (χ1) is 6.18. The van der Waals surface area contributed by atoms with E-state index in [1.807, 2.05) is 7.05 Å². The van der Waals surface area contributed by atoms with Crippen molar-refractivity contribution in [2.45, 2.75) is 12.3 Å². The summed E-state index contributed by atoms with van der Waals surface area (Å²) in [6.45, 7) is 3.90. The molecular weight excluding hydrogens is 190 g/mol. The van der Waals surface area contributed by atoms with Crippen molar-refractivity contribution in [3.05, 3.63) is 0 Å². The molecule has 1 aliphatic heterocycles. The summed E-state index contributed by atoms with van der Waals surface area (Å²) in [6.07, 6.45) is 0. The number of hydrogen-bond acceptors (Lipinski definition) is 4. The Hall–Kier alpha value is -0.840. The first kappa shape index (κ1) is 8.74. The van der Waals surface area contributed by atoms with E-state index in [4.69, 9.17) is 11.6 Å². The van der Waals surface area contributed by atoms with Crippen molar-refractivity contribution < 1.29 is 0 Å². The van der Waals surface area contributed by atoms with Crippen molar-refractivity contribution in [3.63, 3.8) is 0 Å². The van der Waals surface area contributed by atoms with Gasteiger partial charge in [-0.15, -0.1) is 11.6 Å². The zero-order chi connectivity index (χ0) is 9.42. The second-order valence-electron chi connectivity index (χ2n) is 3.50. The van der Waals surface area contributed by atoms with E-state index in [9.17, 15) is 0 Å². The Morgan fingerprint density at radius 3 is 2.69 bits per heavy atom. The molecule has 1 saturated heterocycles. The molecule has 0 aliphatic carbocycles. The Morgan fingerprint density at radius 2 is 2.23 bits per heavy atom. The minimum Gasteiger partial charge on any atom is -0.338 e. The van der Waals surface area contributed by atoms with E-state index in [-0.39, 0.29) is 5.38 Å². The van der Waals surface area contributed by atoms with Gasteiger partial charge in [-0.25, -0.2) is 4.68 Å². The molecule has 0 radical (unpaired) electrons. The SMILES string of the molecule is CC1CN(c2nnnn2C)CC1Cl. The van der Waals surface area contributed by atoms with Crippen LogP contribution in [0.3, 0.4) is 0 Å². The lowest BCUT2D eigenvalue weighted by molar-refractivity contribution is 0.658. The average molecular weight is 202 g/mol. The second kappa shape index (κ2) is 3.14. The van der Waals surface area contributed by atoms with Gasteiger partial charge in [-0.05, 0) is 16.3 Å². The van der Waals surface area contributed by atoms with E-state index in [0.717, 1.165) is 19.0 Å². The maximum absolute atomic E-state index is 6.11. The maximum atomic E-state index is 6.11. The Bertz CT molecular complexity index is 289. The lowest BCUT2D eigenvalue weighted by Crippen LogP contribution is -2.23. The Labute approximate surface area is 81.7 Å². The van der Waals surface area contributed by atoms with Crippen LogP contribution in [0.15, 0.2) is 0 Å². The molecule has 0 spiro atoms. The van der Waals surface area contributed by atoms with Crippen LogP contribution in [0.1, 0.15) is 6.92 Å². The van der Waals surface area contributed by atoms with Crippen molar-refractivity contribution in [2.75, 3.05) is 18.0 Å². The van der Waals surface area contributed by atoms with Crippen LogP contribution in [0.4, 0.5) is 5.95 Å². The van der Waals surface area contributed by atoms with Gasteiger partial charge < -0.3 is 4.90 Å². The minimum absolute atomic E-state index is 0.205. The molecule has 0 bridgehead atoms. The van der Waals surface area contributed by atoms with Gasteiger partial charge in [-0.1, -0.05) is 12.0 Å². The van der Waals surface area contributed by atoms with Gasteiger partial charge in [0.25, 0.3) is 0 Å². The van der Waals surface area contributed by atoms with Crippen LogP contribution in [0.2, 0.25) is 0 Å². The zero-order valence-electron chi connectivity index (χ0n) is 7.68. The molecule has 0 amide bonds. The quantitative estimate of drug-likeness (QED) is 0.613. The van der Waals surface area contributed by atoms with Crippen LogP contribution in [-0.4, -0.2) is 38.7 Å². The summed E-state index contributed by atoms with van der Waals surface area (Å²) >= 11 is 6.11. The van der Waals surface area contributed by atoms with Crippen molar-refractivity contribution in [3.8, 4) is 0 Å². The highest BCUT2D eigenvalue weighted by Crippen LogP contribution is 2.24. The number of aryl methyl sites for hydroxylation is 1. The fourth-order valence-corrected chi connectivity index (χ4v) is 1.83. The van der Waals surface area contributed by atoms with Crippen LogP contribution in [0.5, 0.6) is 0 Å². The minimum atomic E-state index is 0.205. The van der Waals surface area contributed by atoms with Crippen LogP contribution in [-0.2, 0) is 7.05 Å². The van der Waals surface area contributed by atoms with E-state index < -0.39 is 0 Å². The molecule has 13 heavy (non-hydrogen) atoms. The van der Waals surface area contributed by atoms with Crippen molar-refractivity contribution in [2.24, 2.45) is 13.0 Å². The lowest BCUT2D eigenvalue weighted by Gasteiger charge is -2.14. The van der Waals surface area contributed by atoms with Crippen molar-refractivity contribution in [1.82, 2.24) is 20.2 Å². The molecule has 72 valence electrons. The highest BCUT2D eigenvalue weighted by atomic mass is 35.5. The molecule has 5 nitrogen and oxygen atoms in total. The zero-order valence-corrected chi connectivity index (χ0v) is 8.44. The highest BCUT2D eigenvalue weighted by Gasteiger charge is 2.30. The molecular formula is C7H12ClN5. The van der Waals surface area contributed by atoms with E-state index in [1.165, 1.54) is 0 Å². The normalized spacial score (nSPS) is 28.4. The fourth-order valence-electron chi connectivity index (χ4n) is 1.58. The van der Waals surface area contributed by atoms with Gasteiger partial charge in [0, 0.05) is 20.1 Å². The molecule has 2 unspecified atom stereocenters. The van der Waals surface area contributed by atoms with E-state index in [0.29, 0.717) is 5.92 Å². The fraction of sp³-hybridized carbons (Fsp3) is 0.857. The summed E-state index contributed by atoms with van der Waals surface area (Å²) in [6, 6.07) is 0. The molecule has 2 heterocycles.